The van der Waals surface area contributed by atoms with Crippen LogP contribution in [0.25, 0.3) is 11.3 Å². The SMILES string of the molecule is CC(=O)NC[C@H]1CN(c2ccc3c(c2F)CCCc2cn[nH]c2-3)C(=O)O1. The van der Waals surface area contributed by atoms with E-state index in [0.717, 1.165) is 29.7 Å². The van der Waals surface area contributed by atoms with E-state index in [1.54, 1.807) is 12.3 Å². The summed E-state index contributed by atoms with van der Waals surface area (Å²) >= 11 is 0. The Balaban J connectivity index is 1.64. The molecule has 1 aliphatic heterocycles. The Hall–Kier alpha value is -2.90. The first kappa shape index (κ1) is 16.6. The van der Waals surface area contributed by atoms with Crippen molar-refractivity contribution in [3.8, 4) is 11.3 Å². The summed E-state index contributed by atoms with van der Waals surface area (Å²) in [5, 5.41) is 9.63. The van der Waals surface area contributed by atoms with Gasteiger partial charge in [0.2, 0.25) is 5.91 Å². The smallest absolute Gasteiger partial charge is 0.414 e. The van der Waals surface area contributed by atoms with Gasteiger partial charge in [0.1, 0.15) is 6.10 Å². The van der Waals surface area contributed by atoms with E-state index in [-0.39, 0.29) is 24.7 Å². The molecule has 4 rings (SSSR count). The first-order valence-corrected chi connectivity index (χ1v) is 8.61. The van der Waals surface area contributed by atoms with Crippen molar-refractivity contribution in [3.63, 3.8) is 0 Å². The number of hydrogen-bond acceptors (Lipinski definition) is 4. The lowest BCUT2D eigenvalue weighted by Gasteiger charge is -2.17. The zero-order chi connectivity index (χ0) is 18.3. The summed E-state index contributed by atoms with van der Waals surface area (Å²) in [6.07, 6.45) is 2.92. The number of ether oxygens (including phenoxy) is 1. The second kappa shape index (κ2) is 6.44. The summed E-state index contributed by atoms with van der Waals surface area (Å²) in [5.41, 5.74) is 3.51. The number of H-pyrrole nitrogens is 1. The van der Waals surface area contributed by atoms with Crippen molar-refractivity contribution in [1.82, 2.24) is 15.5 Å². The van der Waals surface area contributed by atoms with Crippen LogP contribution in [0.1, 0.15) is 24.5 Å². The van der Waals surface area contributed by atoms with Gasteiger partial charge in [0.25, 0.3) is 0 Å². The van der Waals surface area contributed by atoms with Crippen LogP contribution in [-0.4, -0.2) is 41.4 Å². The molecule has 8 heteroatoms. The molecule has 26 heavy (non-hydrogen) atoms. The lowest BCUT2D eigenvalue weighted by Crippen LogP contribution is -2.33. The molecule has 1 atom stereocenters. The molecule has 0 saturated carbocycles. The molecule has 1 aromatic carbocycles. The summed E-state index contributed by atoms with van der Waals surface area (Å²) in [5.74, 6) is -0.604. The molecule has 1 aromatic heterocycles. The van der Waals surface area contributed by atoms with Crippen LogP contribution >= 0.6 is 0 Å². The number of nitrogens with one attached hydrogen (secondary N) is 2. The number of benzene rings is 1. The summed E-state index contributed by atoms with van der Waals surface area (Å²) in [6.45, 7) is 1.80. The maximum Gasteiger partial charge on any atom is 0.414 e. The highest BCUT2D eigenvalue weighted by Crippen LogP contribution is 2.37. The second-order valence-electron chi connectivity index (χ2n) is 6.60. The second-order valence-corrected chi connectivity index (χ2v) is 6.60. The number of nitrogens with zero attached hydrogens (tertiary/aromatic N) is 2. The average Bonchev–Trinajstić information content (AvgIpc) is 3.17. The fraction of sp³-hybridized carbons (Fsp3) is 0.389. The van der Waals surface area contributed by atoms with Crippen molar-refractivity contribution in [2.75, 3.05) is 18.0 Å². The van der Waals surface area contributed by atoms with Crippen molar-refractivity contribution in [3.05, 3.63) is 35.3 Å². The van der Waals surface area contributed by atoms with Crippen LogP contribution in [0.4, 0.5) is 14.9 Å². The monoisotopic (exact) mass is 358 g/mol. The van der Waals surface area contributed by atoms with Crippen molar-refractivity contribution < 1.29 is 18.7 Å². The molecule has 0 radical (unpaired) electrons. The van der Waals surface area contributed by atoms with Crippen LogP contribution < -0.4 is 10.2 Å². The largest absolute Gasteiger partial charge is 0.442 e. The Labute approximate surface area is 149 Å². The molecule has 2 heterocycles. The average molecular weight is 358 g/mol. The van der Waals surface area contributed by atoms with Crippen LogP contribution in [0.2, 0.25) is 0 Å². The first-order valence-electron chi connectivity index (χ1n) is 8.61. The Morgan fingerprint density at radius 3 is 3.12 bits per heavy atom. The number of hydrogen-bond donors (Lipinski definition) is 2. The molecule has 136 valence electrons. The Morgan fingerprint density at radius 1 is 1.46 bits per heavy atom. The summed E-state index contributed by atoms with van der Waals surface area (Å²) < 4.78 is 20.5. The highest BCUT2D eigenvalue weighted by molar-refractivity contribution is 5.91. The predicted molar refractivity (Wildman–Crippen MR) is 92.3 cm³/mol. The van der Waals surface area contributed by atoms with Crippen LogP contribution in [0, 0.1) is 5.82 Å². The van der Waals surface area contributed by atoms with Crippen molar-refractivity contribution >= 4 is 17.7 Å². The maximum absolute atomic E-state index is 15.2. The fourth-order valence-electron chi connectivity index (χ4n) is 3.57. The van der Waals surface area contributed by atoms with E-state index in [1.807, 2.05) is 6.07 Å². The van der Waals surface area contributed by atoms with Gasteiger partial charge in [0.05, 0.1) is 30.7 Å². The third-order valence-electron chi connectivity index (χ3n) is 4.83. The lowest BCUT2D eigenvalue weighted by atomic mass is 10.0. The van der Waals surface area contributed by atoms with Gasteiger partial charge in [-0.3, -0.25) is 14.8 Å². The van der Waals surface area contributed by atoms with E-state index in [9.17, 15) is 9.59 Å². The van der Waals surface area contributed by atoms with Gasteiger partial charge in [-0.05, 0) is 36.5 Å². The van der Waals surface area contributed by atoms with Gasteiger partial charge >= 0.3 is 6.09 Å². The van der Waals surface area contributed by atoms with Gasteiger partial charge in [0.15, 0.2) is 5.82 Å². The minimum atomic E-state index is -0.602. The van der Waals surface area contributed by atoms with Gasteiger partial charge in [-0.25, -0.2) is 9.18 Å². The molecule has 2 amide bonds. The maximum atomic E-state index is 15.2. The third-order valence-corrected chi connectivity index (χ3v) is 4.83. The standard InChI is InChI=1S/C18H19FN4O3/c1-10(24)20-8-12-9-23(18(25)26-12)15-6-5-14-13(16(15)19)4-2-3-11-7-21-22-17(11)14/h5-7,12H,2-4,8-9H2,1H3,(H,20,24)(H,21,22)/t12-/m0/s1. The molecule has 2 N–H and O–H groups in total. The van der Waals surface area contributed by atoms with Gasteiger partial charge in [0, 0.05) is 12.5 Å². The number of amides is 2. The van der Waals surface area contributed by atoms with Crippen LogP contribution in [0.15, 0.2) is 18.3 Å². The van der Waals surface area contributed by atoms with Gasteiger partial charge < -0.3 is 10.1 Å². The molecule has 1 aliphatic carbocycles. The molecule has 0 unspecified atom stereocenters. The summed E-state index contributed by atoms with van der Waals surface area (Å²) in [6, 6.07) is 3.43. The zero-order valence-electron chi connectivity index (χ0n) is 14.3. The van der Waals surface area contributed by atoms with E-state index in [0.29, 0.717) is 12.0 Å². The zero-order valence-corrected chi connectivity index (χ0v) is 14.3. The third kappa shape index (κ3) is 2.81. The number of aryl methyl sites for hydroxylation is 1. The molecular weight excluding hydrogens is 339 g/mol. The number of rotatable bonds is 3. The van der Waals surface area contributed by atoms with E-state index in [4.69, 9.17) is 4.74 Å². The molecular formula is C18H19FN4O3. The van der Waals surface area contributed by atoms with Crippen LogP contribution in [-0.2, 0) is 22.4 Å². The summed E-state index contributed by atoms with van der Waals surface area (Å²) in [7, 11) is 0. The molecule has 7 nitrogen and oxygen atoms in total. The highest BCUT2D eigenvalue weighted by Gasteiger charge is 2.35. The quantitative estimate of drug-likeness (QED) is 0.880. The van der Waals surface area contributed by atoms with E-state index < -0.39 is 18.0 Å². The Kier molecular flexibility index (Phi) is 4.10. The minimum Gasteiger partial charge on any atom is -0.442 e. The fourth-order valence-corrected chi connectivity index (χ4v) is 3.57. The predicted octanol–water partition coefficient (Wildman–Crippen LogP) is 2.17. The number of halogens is 1. The molecule has 1 fully saturated rings. The minimum absolute atomic E-state index is 0.199. The number of carbonyl (C=O) groups excluding carboxylic acids is 2. The number of carbonyl (C=O) groups is 2. The van der Waals surface area contributed by atoms with Crippen molar-refractivity contribution in [2.24, 2.45) is 0 Å². The molecule has 0 spiro atoms. The highest BCUT2D eigenvalue weighted by atomic mass is 19.1. The van der Waals surface area contributed by atoms with Gasteiger partial charge in [-0.15, -0.1) is 0 Å². The normalized spacial score (nSPS) is 18.8. The van der Waals surface area contributed by atoms with Crippen LogP contribution in [0.3, 0.4) is 0 Å². The van der Waals surface area contributed by atoms with Gasteiger partial charge in [-0.1, -0.05) is 6.07 Å². The number of aromatic amines is 1. The summed E-state index contributed by atoms with van der Waals surface area (Å²) in [4.78, 5) is 24.5. The first-order chi connectivity index (χ1) is 12.5. The Morgan fingerprint density at radius 2 is 2.31 bits per heavy atom. The lowest BCUT2D eigenvalue weighted by molar-refractivity contribution is -0.119. The molecule has 2 aromatic rings. The molecule has 1 saturated heterocycles. The number of aromatic nitrogens is 2. The topological polar surface area (TPSA) is 87.3 Å². The van der Waals surface area contributed by atoms with Crippen LogP contribution in [0.5, 0.6) is 0 Å². The van der Waals surface area contributed by atoms with Gasteiger partial charge in [-0.2, -0.15) is 5.10 Å². The number of fused-ring (bicyclic) bond motifs is 3. The number of cyclic esters (lactones) is 1. The van der Waals surface area contributed by atoms with Crippen molar-refractivity contribution in [1.29, 1.82) is 0 Å². The van der Waals surface area contributed by atoms with E-state index in [1.165, 1.54) is 11.8 Å². The van der Waals surface area contributed by atoms with E-state index in [2.05, 4.69) is 15.5 Å². The molecule has 2 aliphatic rings. The molecule has 0 bridgehead atoms. The Bertz CT molecular complexity index is 879. The van der Waals surface area contributed by atoms with E-state index >= 15 is 4.39 Å². The van der Waals surface area contributed by atoms with Crippen molar-refractivity contribution in [2.45, 2.75) is 32.3 Å². The number of anilines is 1.